The van der Waals surface area contributed by atoms with E-state index in [-0.39, 0.29) is 5.41 Å². The largest absolute Gasteiger partial charge is 0.228 e. The molecule has 1 aromatic heterocycles. The van der Waals surface area contributed by atoms with E-state index in [0.29, 0.717) is 5.82 Å². The van der Waals surface area contributed by atoms with E-state index in [4.69, 9.17) is 9.97 Å². The molecule has 2 nitrogen and oxygen atoms in total. The lowest BCUT2D eigenvalue weighted by Crippen LogP contribution is -2.14. The first-order valence-electron chi connectivity index (χ1n) is 20.4. The fraction of sp³-hybridized carbons (Fsp3) is 0.0526. The Morgan fingerprint density at radius 3 is 1.68 bits per heavy atom. The van der Waals surface area contributed by atoms with Gasteiger partial charge in [0.25, 0.3) is 0 Å². The van der Waals surface area contributed by atoms with Gasteiger partial charge in [0.2, 0.25) is 0 Å². The lowest BCUT2D eigenvalue weighted by Gasteiger charge is -2.21. The number of aromatic nitrogens is 2. The average molecular weight is 753 g/mol. The Bertz CT molecular complexity index is 3230. The smallest absolute Gasteiger partial charge is 0.160 e. The Morgan fingerprint density at radius 2 is 0.847 bits per heavy atom. The van der Waals surface area contributed by atoms with E-state index in [1.807, 2.05) is 18.2 Å². The molecular formula is C57H40N2. The van der Waals surface area contributed by atoms with Gasteiger partial charge in [0.15, 0.2) is 5.82 Å². The lowest BCUT2D eigenvalue weighted by molar-refractivity contribution is 0.660. The molecule has 0 saturated heterocycles. The van der Waals surface area contributed by atoms with Crippen molar-refractivity contribution < 1.29 is 0 Å². The van der Waals surface area contributed by atoms with Gasteiger partial charge in [0.05, 0.1) is 11.4 Å². The van der Waals surface area contributed by atoms with Gasteiger partial charge in [-0.1, -0.05) is 208 Å². The fourth-order valence-corrected chi connectivity index (χ4v) is 9.37. The molecule has 0 unspecified atom stereocenters. The van der Waals surface area contributed by atoms with Gasteiger partial charge in [0.1, 0.15) is 0 Å². The van der Waals surface area contributed by atoms with Crippen LogP contribution in [0, 0.1) is 0 Å². The minimum Gasteiger partial charge on any atom is -0.228 e. The Balaban J connectivity index is 1.02. The lowest BCUT2D eigenvalue weighted by atomic mass is 9.82. The highest BCUT2D eigenvalue weighted by Gasteiger charge is 2.36. The predicted molar refractivity (Wildman–Crippen MR) is 247 cm³/mol. The summed E-state index contributed by atoms with van der Waals surface area (Å²) in [7, 11) is 0. The molecule has 11 rings (SSSR count). The molecule has 2 heteroatoms. The van der Waals surface area contributed by atoms with Crippen LogP contribution in [0.2, 0.25) is 0 Å². The van der Waals surface area contributed by atoms with E-state index in [1.165, 1.54) is 71.8 Å². The molecule has 1 aliphatic carbocycles. The standard InChI is InChI=1S/C57H40N2/c1-57(2)51-27-11-10-24-50(51)55-46(26-14-28-52(55)57)42-20-12-19-41(35-42)45-33-34-49(48-23-9-8-22-47(45)48)54-36-53(58-56(59-54)40-16-4-3-5-17-40)39-31-29-38(30-32-39)44-25-13-18-37-15-6-7-21-43(37)44/h3-36H,1-2H3. The van der Waals surface area contributed by atoms with Gasteiger partial charge >= 0.3 is 0 Å². The molecule has 0 saturated carbocycles. The molecule has 1 heterocycles. The van der Waals surface area contributed by atoms with Gasteiger partial charge in [0, 0.05) is 22.1 Å². The van der Waals surface area contributed by atoms with E-state index in [0.717, 1.165) is 33.5 Å². The van der Waals surface area contributed by atoms with Crippen LogP contribution in [0.3, 0.4) is 0 Å². The summed E-state index contributed by atoms with van der Waals surface area (Å²) in [6, 6.07) is 74.3. The molecule has 0 radical (unpaired) electrons. The Labute approximate surface area is 345 Å². The van der Waals surface area contributed by atoms with Crippen molar-refractivity contribution in [2.75, 3.05) is 0 Å². The van der Waals surface area contributed by atoms with Crippen LogP contribution in [0.15, 0.2) is 206 Å². The van der Waals surface area contributed by atoms with Gasteiger partial charge in [-0.05, 0) is 89.3 Å². The Kier molecular flexibility index (Phi) is 8.20. The van der Waals surface area contributed by atoms with E-state index in [9.17, 15) is 0 Å². The zero-order valence-electron chi connectivity index (χ0n) is 33.0. The van der Waals surface area contributed by atoms with Crippen molar-refractivity contribution in [2.24, 2.45) is 0 Å². The first kappa shape index (κ1) is 34.8. The topological polar surface area (TPSA) is 25.8 Å². The average Bonchev–Trinajstić information content (AvgIpc) is 3.54. The summed E-state index contributed by atoms with van der Waals surface area (Å²) >= 11 is 0. The van der Waals surface area contributed by atoms with Gasteiger partial charge in [-0.15, -0.1) is 0 Å². The molecule has 59 heavy (non-hydrogen) atoms. The Morgan fingerprint density at radius 1 is 0.322 bits per heavy atom. The second kappa shape index (κ2) is 13.9. The third kappa shape index (κ3) is 5.87. The highest BCUT2D eigenvalue weighted by molar-refractivity contribution is 6.05. The number of nitrogens with zero attached hydrogens (tertiary/aromatic N) is 2. The quantitative estimate of drug-likeness (QED) is 0.169. The van der Waals surface area contributed by atoms with Crippen LogP contribution < -0.4 is 0 Å². The zero-order valence-corrected chi connectivity index (χ0v) is 33.0. The van der Waals surface area contributed by atoms with Crippen LogP contribution in [-0.2, 0) is 5.41 Å². The molecule has 9 aromatic carbocycles. The maximum absolute atomic E-state index is 5.26. The normalized spacial score (nSPS) is 12.7. The molecule has 278 valence electrons. The molecule has 0 N–H and O–H groups in total. The number of fused-ring (bicyclic) bond motifs is 5. The van der Waals surface area contributed by atoms with Crippen LogP contribution in [0.5, 0.6) is 0 Å². The summed E-state index contributed by atoms with van der Waals surface area (Å²) in [4.78, 5) is 10.4. The van der Waals surface area contributed by atoms with Crippen molar-refractivity contribution in [3.8, 4) is 78.4 Å². The van der Waals surface area contributed by atoms with Gasteiger partial charge < -0.3 is 0 Å². The maximum atomic E-state index is 5.26. The third-order valence-electron chi connectivity index (χ3n) is 12.3. The van der Waals surface area contributed by atoms with Crippen LogP contribution in [0.25, 0.3) is 100.0 Å². The summed E-state index contributed by atoms with van der Waals surface area (Å²) in [6.07, 6.45) is 0. The molecular weight excluding hydrogens is 713 g/mol. The summed E-state index contributed by atoms with van der Waals surface area (Å²) in [5.41, 5.74) is 17.6. The van der Waals surface area contributed by atoms with Crippen molar-refractivity contribution in [1.82, 2.24) is 9.97 Å². The van der Waals surface area contributed by atoms with Gasteiger partial charge in [-0.25, -0.2) is 9.97 Å². The first-order valence-corrected chi connectivity index (χ1v) is 20.4. The van der Waals surface area contributed by atoms with Crippen LogP contribution in [0.1, 0.15) is 25.0 Å². The molecule has 0 fully saturated rings. The maximum Gasteiger partial charge on any atom is 0.160 e. The molecule has 0 atom stereocenters. The van der Waals surface area contributed by atoms with Crippen molar-refractivity contribution >= 4 is 21.5 Å². The summed E-state index contributed by atoms with van der Waals surface area (Å²) in [5, 5.41) is 4.83. The number of benzene rings is 9. The second-order valence-electron chi connectivity index (χ2n) is 16.1. The monoisotopic (exact) mass is 752 g/mol. The van der Waals surface area contributed by atoms with Crippen molar-refractivity contribution in [3.63, 3.8) is 0 Å². The van der Waals surface area contributed by atoms with Crippen molar-refractivity contribution in [1.29, 1.82) is 0 Å². The van der Waals surface area contributed by atoms with Gasteiger partial charge in [-0.3, -0.25) is 0 Å². The molecule has 0 spiro atoms. The van der Waals surface area contributed by atoms with Crippen molar-refractivity contribution in [3.05, 3.63) is 217 Å². The fourth-order valence-electron chi connectivity index (χ4n) is 9.37. The highest BCUT2D eigenvalue weighted by Crippen LogP contribution is 2.52. The molecule has 10 aromatic rings. The second-order valence-corrected chi connectivity index (χ2v) is 16.1. The predicted octanol–water partition coefficient (Wildman–Crippen LogP) is 15.1. The summed E-state index contributed by atoms with van der Waals surface area (Å²) in [6.45, 7) is 4.69. The van der Waals surface area contributed by atoms with Crippen LogP contribution in [0.4, 0.5) is 0 Å². The molecule has 0 amide bonds. The molecule has 1 aliphatic rings. The van der Waals surface area contributed by atoms with E-state index >= 15 is 0 Å². The van der Waals surface area contributed by atoms with E-state index < -0.39 is 0 Å². The minimum atomic E-state index is -0.0479. The minimum absolute atomic E-state index is 0.0479. The molecule has 0 bridgehead atoms. The number of hydrogen-bond acceptors (Lipinski definition) is 2. The summed E-state index contributed by atoms with van der Waals surface area (Å²) < 4.78 is 0. The van der Waals surface area contributed by atoms with Crippen molar-refractivity contribution in [2.45, 2.75) is 19.3 Å². The zero-order chi connectivity index (χ0) is 39.5. The van der Waals surface area contributed by atoms with Crippen LogP contribution >= 0.6 is 0 Å². The highest BCUT2D eigenvalue weighted by atomic mass is 14.9. The Hall–Kier alpha value is -7.42. The SMILES string of the molecule is CC1(C)c2ccccc2-c2c(-c3cccc(-c4ccc(-c5cc(-c6ccc(-c7cccc8ccccc78)cc6)nc(-c6ccccc6)n5)c5ccccc45)c3)cccc21. The van der Waals surface area contributed by atoms with E-state index in [2.05, 4.69) is 202 Å². The number of rotatable bonds is 6. The summed E-state index contributed by atoms with van der Waals surface area (Å²) in [5.74, 6) is 0.706. The third-order valence-corrected chi connectivity index (χ3v) is 12.3. The van der Waals surface area contributed by atoms with Crippen LogP contribution in [-0.4, -0.2) is 9.97 Å². The number of hydrogen-bond donors (Lipinski definition) is 0. The first-order chi connectivity index (χ1) is 29.0. The molecule has 0 aliphatic heterocycles. The van der Waals surface area contributed by atoms with Gasteiger partial charge in [-0.2, -0.15) is 0 Å². The van der Waals surface area contributed by atoms with E-state index in [1.54, 1.807) is 0 Å².